The van der Waals surface area contributed by atoms with Crippen molar-refractivity contribution in [3.8, 4) is 0 Å². The van der Waals surface area contributed by atoms with Gasteiger partial charge in [0.2, 0.25) is 0 Å². The Kier molecular flexibility index (Phi) is 4.19. The van der Waals surface area contributed by atoms with E-state index in [2.05, 4.69) is 27.1 Å². The molecule has 0 aromatic carbocycles. The van der Waals surface area contributed by atoms with Crippen LogP contribution >= 0.6 is 0 Å². The molecule has 100 valence electrons. The minimum Gasteiger partial charge on any atom is -0.391 e. The number of nitrogens with one attached hydrogen (secondary N) is 2. The quantitative estimate of drug-likeness (QED) is 0.656. The number of aromatic amines is 1. The molecule has 1 unspecified atom stereocenters. The largest absolute Gasteiger partial charge is 0.391 e. The summed E-state index contributed by atoms with van der Waals surface area (Å²) < 4.78 is 0. The van der Waals surface area contributed by atoms with Crippen molar-refractivity contribution in [2.24, 2.45) is 0 Å². The zero-order valence-corrected chi connectivity index (χ0v) is 10.8. The summed E-state index contributed by atoms with van der Waals surface area (Å²) in [4.78, 5) is 20.4. The van der Waals surface area contributed by atoms with Gasteiger partial charge in [0.1, 0.15) is 5.69 Å². The fraction of sp³-hybridized carbons (Fsp3) is 0.667. The monoisotopic (exact) mass is 251 g/mol. The van der Waals surface area contributed by atoms with Gasteiger partial charge in [0.15, 0.2) is 5.82 Å². The molecule has 0 spiro atoms. The van der Waals surface area contributed by atoms with Crippen LogP contribution in [-0.4, -0.2) is 35.6 Å². The zero-order valence-electron chi connectivity index (χ0n) is 10.8. The summed E-state index contributed by atoms with van der Waals surface area (Å²) >= 11 is 0. The van der Waals surface area contributed by atoms with Gasteiger partial charge in [-0.3, -0.25) is 4.79 Å². The predicted molar refractivity (Wildman–Crippen MR) is 72.8 cm³/mol. The van der Waals surface area contributed by atoms with E-state index in [-0.39, 0.29) is 11.2 Å². The molecule has 2 rings (SSSR count). The van der Waals surface area contributed by atoms with Gasteiger partial charge in [-0.15, -0.1) is 0 Å². The Morgan fingerprint density at radius 2 is 2.50 bits per heavy atom. The molecule has 0 amide bonds. The molecular weight excluding hydrogens is 230 g/mol. The van der Waals surface area contributed by atoms with Gasteiger partial charge in [-0.25, -0.2) is 4.98 Å². The van der Waals surface area contributed by atoms with Crippen molar-refractivity contribution in [1.82, 2.24) is 15.3 Å². The van der Waals surface area contributed by atoms with Gasteiger partial charge in [0, 0.05) is 19.1 Å². The third-order valence-electron chi connectivity index (χ3n) is 3.32. The first-order valence-corrected chi connectivity index (χ1v) is 6.54. The summed E-state index contributed by atoms with van der Waals surface area (Å²) in [5.74, 6) is 0.625. The molecule has 1 aromatic heterocycles. The Hall–Kier alpha value is -1.56. The molecule has 6 nitrogen and oxygen atoms in total. The van der Waals surface area contributed by atoms with E-state index in [4.69, 9.17) is 5.73 Å². The second-order valence-corrected chi connectivity index (χ2v) is 4.66. The molecule has 0 saturated carbocycles. The van der Waals surface area contributed by atoms with Crippen LogP contribution in [0.4, 0.5) is 11.5 Å². The van der Waals surface area contributed by atoms with Crippen molar-refractivity contribution in [3.05, 3.63) is 16.7 Å². The number of nitrogen functional groups attached to an aromatic ring is 1. The van der Waals surface area contributed by atoms with Crippen molar-refractivity contribution < 1.29 is 0 Å². The van der Waals surface area contributed by atoms with Crippen molar-refractivity contribution in [2.45, 2.75) is 32.2 Å². The molecule has 0 aliphatic carbocycles. The molecule has 18 heavy (non-hydrogen) atoms. The highest BCUT2D eigenvalue weighted by Crippen LogP contribution is 2.25. The van der Waals surface area contributed by atoms with E-state index in [1.54, 1.807) is 0 Å². The molecule has 1 atom stereocenters. The van der Waals surface area contributed by atoms with E-state index in [9.17, 15) is 4.79 Å². The maximum atomic E-state index is 11.5. The lowest BCUT2D eigenvalue weighted by Gasteiger charge is -2.26. The van der Waals surface area contributed by atoms with Gasteiger partial charge in [-0.05, 0) is 25.8 Å². The molecule has 1 saturated heterocycles. The minimum atomic E-state index is -0.257. The van der Waals surface area contributed by atoms with Gasteiger partial charge in [-0.2, -0.15) is 0 Å². The Morgan fingerprint density at radius 3 is 3.28 bits per heavy atom. The Morgan fingerprint density at radius 1 is 1.67 bits per heavy atom. The van der Waals surface area contributed by atoms with E-state index >= 15 is 0 Å². The summed E-state index contributed by atoms with van der Waals surface area (Å²) in [5, 5.41) is 3.41. The predicted octanol–water partition coefficient (Wildman–Crippen LogP) is 0.321. The summed E-state index contributed by atoms with van der Waals surface area (Å²) in [6, 6.07) is 0.383. The molecule has 0 bridgehead atoms. The maximum Gasteiger partial charge on any atom is 0.276 e. The van der Waals surface area contributed by atoms with Crippen LogP contribution in [0.25, 0.3) is 0 Å². The molecule has 1 aliphatic heterocycles. The van der Waals surface area contributed by atoms with Gasteiger partial charge >= 0.3 is 0 Å². The lowest BCUT2D eigenvalue weighted by Crippen LogP contribution is -2.39. The first kappa shape index (κ1) is 12.9. The number of hydrogen-bond acceptors (Lipinski definition) is 5. The minimum absolute atomic E-state index is 0.222. The number of rotatable bonds is 5. The fourth-order valence-electron chi connectivity index (χ4n) is 2.40. The highest BCUT2D eigenvalue weighted by molar-refractivity contribution is 5.61. The average molecular weight is 251 g/mol. The van der Waals surface area contributed by atoms with Crippen LogP contribution in [0, 0.1) is 0 Å². The Bertz CT molecular complexity index is 444. The lowest BCUT2D eigenvalue weighted by atomic mass is 10.2. The second kappa shape index (κ2) is 5.86. The molecule has 0 radical (unpaired) electrons. The Labute approximate surface area is 107 Å². The highest BCUT2D eigenvalue weighted by atomic mass is 16.1. The van der Waals surface area contributed by atoms with Crippen molar-refractivity contribution in [2.75, 3.05) is 30.3 Å². The van der Waals surface area contributed by atoms with E-state index in [1.807, 2.05) is 0 Å². The van der Waals surface area contributed by atoms with E-state index in [0.29, 0.717) is 11.9 Å². The van der Waals surface area contributed by atoms with Gasteiger partial charge in [-0.1, -0.05) is 6.92 Å². The molecule has 6 heteroatoms. The van der Waals surface area contributed by atoms with E-state index in [0.717, 1.165) is 38.9 Å². The first-order valence-electron chi connectivity index (χ1n) is 6.54. The van der Waals surface area contributed by atoms with E-state index in [1.165, 1.54) is 6.33 Å². The molecule has 4 N–H and O–H groups in total. The van der Waals surface area contributed by atoms with Crippen molar-refractivity contribution >= 4 is 11.5 Å². The average Bonchev–Trinajstić information content (AvgIpc) is 2.81. The number of nitrogens with two attached hydrogens (primary N) is 1. The van der Waals surface area contributed by atoms with Gasteiger partial charge < -0.3 is 20.9 Å². The highest BCUT2D eigenvalue weighted by Gasteiger charge is 2.27. The van der Waals surface area contributed by atoms with Gasteiger partial charge in [0.05, 0.1) is 6.33 Å². The molecular formula is C12H21N5O. The first-order chi connectivity index (χ1) is 8.74. The zero-order chi connectivity index (χ0) is 13.0. The lowest BCUT2D eigenvalue weighted by molar-refractivity contribution is 0.568. The fourth-order valence-corrected chi connectivity index (χ4v) is 2.40. The molecule has 1 aliphatic rings. The number of H-pyrrole nitrogens is 1. The maximum absolute atomic E-state index is 11.5. The number of aromatic nitrogens is 2. The van der Waals surface area contributed by atoms with Crippen molar-refractivity contribution in [3.63, 3.8) is 0 Å². The Balaban J connectivity index is 2.11. The van der Waals surface area contributed by atoms with Crippen LogP contribution in [0.5, 0.6) is 0 Å². The molecule has 1 fully saturated rings. The van der Waals surface area contributed by atoms with Crippen molar-refractivity contribution in [1.29, 1.82) is 0 Å². The number of nitrogens with zero attached hydrogens (tertiary/aromatic N) is 2. The normalized spacial score (nSPS) is 19.4. The third-order valence-corrected chi connectivity index (χ3v) is 3.32. The second-order valence-electron chi connectivity index (χ2n) is 4.66. The smallest absolute Gasteiger partial charge is 0.276 e. The summed E-state index contributed by atoms with van der Waals surface area (Å²) in [5.41, 5.74) is 5.78. The standard InChI is InChI=1S/C12H21N5O/c1-2-5-14-7-9-4-3-6-17(9)11-10(13)12(18)16-8-15-11/h8-9,14H,2-7,13H2,1H3,(H,15,16,18). The van der Waals surface area contributed by atoms with Crippen LogP contribution in [0.2, 0.25) is 0 Å². The topological polar surface area (TPSA) is 87.0 Å². The van der Waals surface area contributed by atoms with Crippen LogP contribution < -0.4 is 21.5 Å². The molecule has 1 aromatic rings. The summed E-state index contributed by atoms with van der Waals surface area (Å²) in [6.07, 6.45) is 4.78. The SMILES string of the molecule is CCCNCC1CCCN1c1nc[nH]c(=O)c1N. The van der Waals surface area contributed by atoms with E-state index < -0.39 is 0 Å². The summed E-state index contributed by atoms with van der Waals surface area (Å²) in [6.45, 7) is 5.00. The van der Waals surface area contributed by atoms with Crippen LogP contribution in [-0.2, 0) is 0 Å². The number of hydrogen-bond donors (Lipinski definition) is 3. The van der Waals surface area contributed by atoms with Crippen LogP contribution in [0.3, 0.4) is 0 Å². The third kappa shape index (κ3) is 2.64. The van der Waals surface area contributed by atoms with Crippen LogP contribution in [0.15, 0.2) is 11.1 Å². The van der Waals surface area contributed by atoms with Crippen LogP contribution in [0.1, 0.15) is 26.2 Å². The number of anilines is 2. The van der Waals surface area contributed by atoms with Gasteiger partial charge in [0.25, 0.3) is 5.56 Å². The molecule has 2 heterocycles. The summed E-state index contributed by atoms with van der Waals surface area (Å²) in [7, 11) is 0.